The lowest BCUT2D eigenvalue weighted by Gasteiger charge is -2.31. The molecule has 3 nitrogen and oxygen atoms in total. The minimum absolute atomic E-state index is 0.0367. The number of halogens is 1. The van der Waals surface area contributed by atoms with Gasteiger partial charge in [-0.05, 0) is 116 Å². The summed E-state index contributed by atoms with van der Waals surface area (Å²) in [5, 5.41) is 4.49. The Labute approximate surface area is 302 Å². The van der Waals surface area contributed by atoms with Crippen LogP contribution in [0.5, 0.6) is 0 Å². The average Bonchev–Trinajstić information content (AvgIpc) is 3.75. The molecule has 4 rings (SSSR count). The number of allylic oxidation sites excluding steroid dienone is 5. The standard InChI is InChI=1S/C45H57ClN2O/c1-8-35-30-40(28-32(5)29-44(47-41-21-22-41)34(7)33(6)36(9-2)10-3)45(46)43(31-35)39-18-14-16-38(17-15-19-39)37(11-4)20-23-42(49)24-27-48-25-12-13-26-48/h1-2,10,12-13,25-26,29-31,33,37-39,41,47H,5,7,11,14-24,27-28H2,3-4,6H3/b36-10-,44-29+. The number of hydrogen-bond acceptors (Lipinski definition) is 2. The van der Waals surface area contributed by atoms with E-state index in [4.69, 9.17) is 24.4 Å². The van der Waals surface area contributed by atoms with Gasteiger partial charge in [0.2, 0.25) is 0 Å². The average molecular weight is 677 g/mol. The summed E-state index contributed by atoms with van der Waals surface area (Å²) in [6, 6.07) is 8.69. The first-order valence-corrected chi connectivity index (χ1v) is 18.9. The van der Waals surface area contributed by atoms with Gasteiger partial charge in [0.05, 0.1) is 0 Å². The Kier molecular flexibility index (Phi) is 14.7. The first-order valence-electron chi connectivity index (χ1n) is 18.6. The lowest BCUT2D eigenvalue weighted by molar-refractivity contribution is -0.119. The first kappa shape index (κ1) is 38.1. The van der Waals surface area contributed by atoms with Gasteiger partial charge < -0.3 is 9.88 Å². The van der Waals surface area contributed by atoms with E-state index >= 15 is 0 Å². The number of carbonyl (C=O) groups excluding carboxylic acids is 1. The molecule has 0 aliphatic heterocycles. The third kappa shape index (κ3) is 11.2. The third-order valence-electron chi connectivity index (χ3n) is 10.9. The van der Waals surface area contributed by atoms with Crippen LogP contribution in [0, 0.1) is 42.4 Å². The number of hydrogen-bond donors (Lipinski definition) is 1. The normalized spacial score (nSPS) is 19.9. The highest BCUT2D eigenvalue weighted by atomic mass is 35.5. The zero-order chi connectivity index (χ0) is 35.3. The van der Waals surface area contributed by atoms with Crippen molar-refractivity contribution in [2.45, 2.75) is 123 Å². The predicted molar refractivity (Wildman–Crippen MR) is 208 cm³/mol. The molecule has 260 valence electrons. The molecule has 1 heterocycles. The van der Waals surface area contributed by atoms with Gasteiger partial charge in [-0.1, -0.05) is 88.6 Å². The second kappa shape index (κ2) is 18.9. The number of nitrogens with zero attached hydrogens (tertiary/aromatic N) is 1. The maximum Gasteiger partial charge on any atom is 0.134 e. The molecule has 2 aliphatic rings. The van der Waals surface area contributed by atoms with Gasteiger partial charge in [-0.15, -0.1) is 12.8 Å². The van der Waals surface area contributed by atoms with Gasteiger partial charge in [0, 0.05) is 65.6 Å². The number of rotatable bonds is 17. The molecule has 1 N–H and O–H groups in total. The van der Waals surface area contributed by atoms with Crippen molar-refractivity contribution in [2.24, 2.45) is 17.8 Å². The van der Waals surface area contributed by atoms with E-state index in [-0.39, 0.29) is 5.92 Å². The van der Waals surface area contributed by atoms with Crippen molar-refractivity contribution in [3.63, 3.8) is 0 Å². The zero-order valence-electron chi connectivity index (χ0n) is 30.2. The maximum absolute atomic E-state index is 12.7. The third-order valence-corrected chi connectivity index (χ3v) is 11.3. The van der Waals surface area contributed by atoms with E-state index in [2.05, 4.69) is 66.9 Å². The quantitative estimate of drug-likeness (QED) is 0.134. The summed E-state index contributed by atoms with van der Waals surface area (Å²) in [7, 11) is 0. The Balaban J connectivity index is 1.40. The van der Waals surface area contributed by atoms with Crippen molar-refractivity contribution in [3.05, 3.63) is 106 Å². The highest BCUT2D eigenvalue weighted by Crippen LogP contribution is 2.41. The number of aromatic nitrogens is 1. The Morgan fingerprint density at radius 3 is 2.37 bits per heavy atom. The molecule has 0 spiro atoms. The van der Waals surface area contributed by atoms with E-state index in [0.29, 0.717) is 48.8 Å². The Morgan fingerprint density at radius 2 is 1.78 bits per heavy atom. The molecule has 0 saturated heterocycles. The molecule has 2 unspecified atom stereocenters. The summed E-state index contributed by atoms with van der Waals surface area (Å²) in [5.41, 5.74) is 6.95. The molecule has 2 atom stereocenters. The summed E-state index contributed by atoms with van der Waals surface area (Å²) in [6.45, 7) is 16.0. The maximum atomic E-state index is 12.7. The number of aryl methyl sites for hydroxylation is 1. The molecule has 0 radical (unpaired) electrons. The monoisotopic (exact) mass is 676 g/mol. The summed E-state index contributed by atoms with van der Waals surface area (Å²) in [4.78, 5) is 12.7. The van der Waals surface area contributed by atoms with Gasteiger partial charge in [0.1, 0.15) is 5.78 Å². The van der Waals surface area contributed by atoms with Gasteiger partial charge in [-0.25, -0.2) is 0 Å². The van der Waals surface area contributed by atoms with Crippen LogP contribution >= 0.6 is 11.6 Å². The van der Waals surface area contributed by atoms with Crippen molar-refractivity contribution >= 4 is 17.4 Å². The van der Waals surface area contributed by atoms with Gasteiger partial charge >= 0.3 is 0 Å². The van der Waals surface area contributed by atoms with Crippen molar-refractivity contribution in [1.29, 1.82) is 0 Å². The summed E-state index contributed by atoms with van der Waals surface area (Å²) < 4.78 is 2.09. The number of ketones is 1. The van der Waals surface area contributed by atoms with E-state index in [1.165, 1.54) is 18.4 Å². The van der Waals surface area contributed by atoms with Crippen LogP contribution in [0.2, 0.25) is 5.02 Å². The van der Waals surface area contributed by atoms with Crippen LogP contribution < -0.4 is 5.32 Å². The van der Waals surface area contributed by atoms with Crippen LogP contribution in [0.1, 0.15) is 120 Å². The first-order chi connectivity index (χ1) is 23.7. The molecule has 1 aromatic heterocycles. The smallest absolute Gasteiger partial charge is 0.134 e. The SMILES string of the molecule is C#C/C(=C/C)C(C)C(=C)/C(=C\C(=C)Cc1cc(C#C)cc(C2CCCC(C(CC)CCC(=O)CCn3cccc3)CCC2)c1Cl)NC1CC1. The zero-order valence-corrected chi connectivity index (χ0v) is 31.0. The van der Waals surface area contributed by atoms with Crippen LogP contribution in [0.25, 0.3) is 0 Å². The topological polar surface area (TPSA) is 34.0 Å². The van der Waals surface area contributed by atoms with Crippen LogP contribution in [0.4, 0.5) is 0 Å². The van der Waals surface area contributed by atoms with E-state index in [0.717, 1.165) is 96.5 Å². The van der Waals surface area contributed by atoms with Gasteiger partial charge in [0.25, 0.3) is 0 Å². The fraction of sp³-hybridized carbons (Fsp3) is 0.489. The van der Waals surface area contributed by atoms with Gasteiger partial charge in [-0.3, -0.25) is 4.79 Å². The van der Waals surface area contributed by atoms with Crippen LogP contribution in [0.3, 0.4) is 0 Å². The lowest BCUT2D eigenvalue weighted by Crippen LogP contribution is -2.20. The molecule has 4 heteroatoms. The Hall–Kier alpha value is -3.66. The molecule has 2 aliphatic carbocycles. The molecule has 0 amide bonds. The molecule has 2 aromatic rings. The van der Waals surface area contributed by atoms with E-state index < -0.39 is 0 Å². The number of nitrogens with one attached hydrogen (secondary N) is 1. The lowest BCUT2D eigenvalue weighted by atomic mass is 9.75. The number of carbonyl (C=O) groups is 1. The molecule has 0 bridgehead atoms. The molecule has 2 fully saturated rings. The highest BCUT2D eigenvalue weighted by Gasteiger charge is 2.27. The Bertz CT molecular complexity index is 1580. The van der Waals surface area contributed by atoms with Crippen molar-refractivity contribution in [1.82, 2.24) is 9.88 Å². The highest BCUT2D eigenvalue weighted by molar-refractivity contribution is 6.32. The van der Waals surface area contributed by atoms with Crippen molar-refractivity contribution < 1.29 is 4.79 Å². The number of Topliss-reactive ketones (excluding diaryl/α,β-unsaturated/α-hetero) is 1. The van der Waals surface area contributed by atoms with Crippen LogP contribution in [0.15, 0.2) is 84.4 Å². The summed E-state index contributed by atoms with van der Waals surface area (Å²) in [6.07, 6.45) is 33.3. The van der Waals surface area contributed by atoms with Crippen LogP contribution in [-0.2, 0) is 17.8 Å². The molecular weight excluding hydrogens is 620 g/mol. The second-order valence-electron chi connectivity index (χ2n) is 14.4. The van der Waals surface area contributed by atoms with Crippen LogP contribution in [-0.4, -0.2) is 16.4 Å². The predicted octanol–water partition coefficient (Wildman–Crippen LogP) is 11.1. The minimum Gasteiger partial charge on any atom is -0.382 e. The van der Waals surface area contributed by atoms with Gasteiger partial charge in [-0.2, -0.15) is 0 Å². The van der Waals surface area contributed by atoms with Gasteiger partial charge in [0.15, 0.2) is 0 Å². The summed E-state index contributed by atoms with van der Waals surface area (Å²) in [5.74, 6) is 7.81. The van der Waals surface area contributed by atoms with E-state index in [9.17, 15) is 4.79 Å². The fourth-order valence-corrected chi connectivity index (χ4v) is 7.94. The minimum atomic E-state index is 0.0367. The largest absolute Gasteiger partial charge is 0.382 e. The van der Waals surface area contributed by atoms with Crippen molar-refractivity contribution in [2.75, 3.05) is 0 Å². The molecule has 49 heavy (non-hydrogen) atoms. The van der Waals surface area contributed by atoms with E-state index in [1.807, 2.05) is 37.5 Å². The molecular formula is C45H57ClN2O. The second-order valence-corrected chi connectivity index (χ2v) is 14.7. The molecule has 2 saturated carbocycles. The van der Waals surface area contributed by atoms with E-state index in [1.54, 1.807) is 0 Å². The summed E-state index contributed by atoms with van der Waals surface area (Å²) >= 11 is 7.24. The Morgan fingerprint density at radius 1 is 1.08 bits per heavy atom. The number of terminal acetylenes is 2. The number of benzene rings is 1. The van der Waals surface area contributed by atoms with Crippen molar-refractivity contribution in [3.8, 4) is 24.7 Å². The molecule has 1 aromatic carbocycles. The fourth-order valence-electron chi connectivity index (χ4n) is 7.61.